The van der Waals surface area contributed by atoms with E-state index in [1.807, 2.05) is 0 Å². The van der Waals surface area contributed by atoms with Crippen molar-refractivity contribution in [3.63, 3.8) is 0 Å². The molecule has 1 aromatic carbocycles. The van der Waals surface area contributed by atoms with Crippen LogP contribution in [0.5, 0.6) is 5.75 Å². The Labute approximate surface area is 91.3 Å². The van der Waals surface area contributed by atoms with E-state index in [0.717, 1.165) is 19.2 Å². The van der Waals surface area contributed by atoms with Crippen molar-refractivity contribution < 1.29 is 23.0 Å². The minimum atomic E-state index is -0.816. The molecule has 0 amide bonds. The Bertz CT molecular complexity index is 441. The summed E-state index contributed by atoms with van der Waals surface area (Å²) in [5.74, 6) is -2.63. The van der Waals surface area contributed by atoms with Crippen LogP contribution in [0.3, 0.4) is 0 Å². The number of carbonyl (C=O) groups excluding carboxylic acids is 1. The number of halogens is 2. The van der Waals surface area contributed by atoms with Gasteiger partial charge < -0.3 is 9.47 Å². The van der Waals surface area contributed by atoms with Gasteiger partial charge in [-0.25, -0.2) is 13.6 Å². The lowest BCUT2D eigenvalue weighted by molar-refractivity contribution is -0.133. The number of carbonyl (C=O) groups is 1. The molecular formula is C11H10F2O3. The molecule has 5 heteroatoms. The van der Waals surface area contributed by atoms with E-state index >= 15 is 0 Å². The predicted molar refractivity (Wildman–Crippen MR) is 54.0 cm³/mol. The van der Waals surface area contributed by atoms with Crippen molar-refractivity contribution in [3.8, 4) is 5.75 Å². The third-order valence-electron chi connectivity index (χ3n) is 2.00. The van der Waals surface area contributed by atoms with Crippen LogP contribution in [0, 0.1) is 11.6 Å². The second-order valence-electron chi connectivity index (χ2n) is 2.94. The molecule has 86 valence electrons. The molecule has 0 aliphatic carbocycles. The maximum absolute atomic E-state index is 13.4. The van der Waals surface area contributed by atoms with Crippen LogP contribution in [0.2, 0.25) is 0 Å². The first kappa shape index (κ1) is 12.2. The summed E-state index contributed by atoms with van der Waals surface area (Å²) in [6.07, 6.45) is 0. The topological polar surface area (TPSA) is 35.5 Å². The van der Waals surface area contributed by atoms with Crippen LogP contribution in [0.25, 0.3) is 5.57 Å². The smallest absolute Gasteiger partial charge is 0.337 e. The summed E-state index contributed by atoms with van der Waals surface area (Å²) < 4.78 is 35.7. The largest absolute Gasteiger partial charge is 0.494 e. The van der Waals surface area contributed by atoms with E-state index in [0.29, 0.717) is 0 Å². The molecule has 0 aromatic heterocycles. The highest BCUT2D eigenvalue weighted by atomic mass is 19.1. The highest BCUT2D eigenvalue weighted by molar-refractivity contribution is 6.15. The number of benzene rings is 1. The molecule has 1 rings (SSSR count). The zero-order valence-electron chi connectivity index (χ0n) is 8.84. The molecular weight excluding hydrogens is 218 g/mol. The SMILES string of the molecule is C=C(C(=O)OC)c1cc(F)c(OC)cc1F. The standard InChI is InChI=1S/C11H10F2O3/c1-6(11(14)16-3)7-4-9(13)10(15-2)5-8(7)12/h4-5H,1H2,2-3H3. The van der Waals surface area contributed by atoms with Crippen molar-refractivity contribution >= 4 is 11.5 Å². The number of hydrogen-bond donors (Lipinski definition) is 0. The van der Waals surface area contributed by atoms with E-state index < -0.39 is 17.6 Å². The van der Waals surface area contributed by atoms with E-state index in [1.165, 1.54) is 7.11 Å². The van der Waals surface area contributed by atoms with Gasteiger partial charge in [-0.3, -0.25) is 0 Å². The molecule has 16 heavy (non-hydrogen) atoms. The van der Waals surface area contributed by atoms with E-state index in [1.54, 1.807) is 0 Å². The minimum Gasteiger partial charge on any atom is -0.494 e. The summed E-state index contributed by atoms with van der Waals surface area (Å²) in [6, 6.07) is 1.69. The zero-order valence-corrected chi connectivity index (χ0v) is 8.84. The Kier molecular flexibility index (Phi) is 3.60. The van der Waals surface area contributed by atoms with Crippen LogP contribution in [0.1, 0.15) is 5.56 Å². The maximum atomic E-state index is 13.4. The minimum absolute atomic E-state index is 0.237. The van der Waals surface area contributed by atoms with Gasteiger partial charge in [0.1, 0.15) is 5.82 Å². The van der Waals surface area contributed by atoms with Gasteiger partial charge in [0.2, 0.25) is 0 Å². The Morgan fingerprint density at radius 1 is 1.25 bits per heavy atom. The second kappa shape index (κ2) is 4.74. The lowest BCUT2D eigenvalue weighted by atomic mass is 10.1. The van der Waals surface area contributed by atoms with Crippen molar-refractivity contribution in [3.05, 3.63) is 35.9 Å². The quantitative estimate of drug-likeness (QED) is 0.587. The van der Waals surface area contributed by atoms with Gasteiger partial charge in [-0.1, -0.05) is 6.58 Å². The van der Waals surface area contributed by atoms with Crippen LogP contribution in [-0.4, -0.2) is 20.2 Å². The number of rotatable bonds is 3. The van der Waals surface area contributed by atoms with E-state index in [9.17, 15) is 13.6 Å². The van der Waals surface area contributed by atoms with E-state index in [2.05, 4.69) is 16.1 Å². The van der Waals surface area contributed by atoms with Crippen LogP contribution in [-0.2, 0) is 9.53 Å². The highest BCUT2D eigenvalue weighted by Crippen LogP contribution is 2.25. The summed E-state index contributed by atoms with van der Waals surface area (Å²) in [7, 11) is 2.35. The molecule has 0 saturated carbocycles. The molecule has 0 atom stereocenters. The van der Waals surface area contributed by atoms with Crippen LogP contribution >= 0.6 is 0 Å². The summed E-state index contributed by atoms with van der Waals surface area (Å²) in [5, 5.41) is 0. The molecule has 0 unspecified atom stereocenters. The van der Waals surface area contributed by atoms with Gasteiger partial charge in [0.25, 0.3) is 0 Å². The summed E-state index contributed by atoms with van der Waals surface area (Å²) in [6.45, 7) is 3.33. The van der Waals surface area contributed by atoms with Gasteiger partial charge >= 0.3 is 5.97 Å². The Hall–Kier alpha value is -1.91. The molecule has 0 fully saturated rings. The van der Waals surface area contributed by atoms with Gasteiger partial charge in [-0.2, -0.15) is 0 Å². The fourth-order valence-corrected chi connectivity index (χ4v) is 1.15. The lowest BCUT2D eigenvalue weighted by Crippen LogP contribution is -2.05. The predicted octanol–water partition coefficient (Wildman–Crippen LogP) is 2.16. The van der Waals surface area contributed by atoms with Gasteiger partial charge in [-0.15, -0.1) is 0 Å². The molecule has 1 aromatic rings. The molecule has 0 saturated heterocycles. The van der Waals surface area contributed by atoms with Crippen molar-refractivity contribution in [1.29, 1.82) is 0 Å². The zero-order chi connectivity index (χ0) is 12.3. The van der Waals surface area contributed by atoms with Crippen molar-refractivity contribution in [2.45, 2.75) is 0 Å². The van der Waals surface area contributed by atoms with Gasteiger partial charge in [0.05, 0.1) is 19.8 Å². The summed E-state index contributed by atoms with van der Waals surface area (Å²) >= 11 is 0. The number of ether oxygens (including phenoxy) is 2. The van der Waals surface area contributed by atoms with Gasteiger partial charge in [-0.05, 0) is 6.07 Å². The molecule has 0 bridgehead atoms. The molecule has 0 N–H and O–H groups in total. The highest BCUT2D eigenvalue weighted by Gasteiger charge is 2.17. The maximum Gasteiger partial charge on any atom is 0.337 e. The molecule has 0 heterocycles. The Balaban J connectivity index is 3.21. The van der Waals surface area contributed by atoms with Crippen molar-refractivity contribution in [2.24, 2.45) is 0 Å². The lowest BCUT2D eigenvalue weighted by Gasteiger charge is -2.08. The molecule has 0 radical (unpaired) electrons. The third kappa shape index (κ3) is 2.18. The van der Waals surface area contributed by atoms with Crippen LogP contribution in [0.15, 0.2) is 18.7 Å². The molecule has 0 aliphatic rings. The van der Waals surface area contributed by atoms with Crippen LogP contribution < -0.4 is 4.74 Å². The summed E-state index contributed by atoms with van der Waals surface area (Å²) in [4.78, 5) is 11.1. The van der Waals surface area contributed by atoms with Crippen LogP contribution in [0.4, 0.5) is 8.78 Å². The number of hydrogen-bond acceptors (Lipinski definition) is 3. The molecule has 0 aliphatic heterocycles. The first-order chi connectivity index (χ1) is 7.51. The Morgan fingerprint density at radius 3 is 2.38 bits per heavy atom. The van der Waals surface area contributed by atoms with Crippen molar-refractivity contribution in [2.75, 3.05) is 14.2 Å². The fraction of sp³-hybridized carbons (Fsp3) is 0.182. The summed E-state index contributed by atoms with van der Waals surface area (Å²) in [5.41, 5.74) is -0.494. The first-order valence-corrected chi connectivity index (χ1v) is 4.32. The monoisotopic (exact) mass is 228 g/mol. The Morgan fingerprint density at radius 2 is 1.88 bits per heavy atom. The average molecular weight is 228 g/mol. The number of esters is 1. The molecule has 3 nitrogen and oxygen atoms in total. The number of methoxy groups -OCH3 is 2. The van der Waals surface area contributed by atoms with E-state index in [4.69, 9.17) is 0 Å². The molecule has 0 spiro atoms. The van der Waals surface area contributed by atoms with E-state index in [-0.39, 0.29) is 16.9 Å². The first-order valence-electron chi connectivity index (χ1n) is 4.32. The average Bonchev–Trinajstić information content (AvgIpc) is 2.29. The van der Waals surface area contributed by atoms with Crippen molar-refractivity contribution in [1.82, 2.24) is 0 Å². The van der Waals surface area contributed by atoms with Gasteiger partial charge in [0, 0.05) is 11.6 Å². The second-order valence-corrected chi connectivity index (χ2v) is 2.94. The normalized spacial score (nSPS) is 9.75. The third-order valence-corrected chi connectivity index (χ3v) is 2.00. The van der Waals surface area contributed by atoms with Gasteiger partial charge in [0.15, 0.2) is 11.6 Å². The fourth-order valence-electron chi connectivity index (χ4n) is 1.15.